The molecule has 2 aromatic rings. The van der Waals surface area contributed by atoms with Crippen molar-refractivity contribution in [3.05, 3.63) is 64.7 Å². The molecular weight excluding hydrogens is 366 g/mol. The number of halogens is 1. The smallest absolute Gasteiger partial charge is 0.253 e. The van der Waals surface area contributed by atoms with Crippen LogP contribution in [-0.2, 0) is 16.1 Å². The molecule has 0 unspecified atom stereocenters. The van der Waals surface area contributed by atoms with E-state index in [2.05, 4.69) is 16.0 Å². The Bertz CT molecular complexity index is 819. The molecule has 142 valence electrons. The predicted molar refractivity (Wildman–Crippen MR) is 106 cm³/mol. The van der Waals surface area contributed by atoms with Crippen molar-refractivity contribution in [1.82, 2.24) is 10.6 Å². The van der Waals surface area contributed by atoms with Crippen molar-refractivity contribution in [2.45, 2.75) is 20.4 Å². The van der Waals surface area contributed by atoms with Gasteiger partial charge in [0.1, 0.15) is 0 Å². The Hall–Kier alpha value is -2.86. The molecule has 7 heteroatoms. The van der Waals surface area contributed by atoms with E-state index in [1.54, 1.807) is 36.4 Å². The number of benzene rings is 2. The van der Waals surface area contributed by atoms with Crippen LogP contribution in [0.1, 0.15) is 29.8 Å². The van der Waals surface area contributed by atoms with E-state index in [1.165, 1.54) is 0 Å². The van der Waals surface area contributed by atoms with Crippen LogP contribution < -0.4 is 16.0 Å². The SMILES string of the molecule is CC(C)C(=O)Nc1ccc(CNC(=O)CNC(=O)c2ccccc2Cl)cc1. The minimum Gasteiger partial charge on any atom is -0.350 e. The number of amides is 3. The van der Waals surface area contributed by atoms with Crippen LogP contribution in [0.2, 0.25) is 5.02 Å². The molecule has 0 heterocycles. The van der Waals surface area contributed by atoms with Crippen molar-refractivity contribution < 1.29 is 14.4 Å². The largest absolute Gasteiger partial charge is 0.350 e. The highest BCUT2D eigenvalue weighted by atomic mass is 35.5. The number of hydrogen-bond acceptors (Lipinski definition) is 3. The average Bonchev–Trinajstić information content (AvgIpc) is 2.65. The maximum atomic E-state index is 12.0. The summed E-state index contributed by atoms with van der Waals surface area (Å²) in [7, 11) is 0. The molecule has 0 spiro atoms. The van der Waals surface area contributed by atoms with E-state index < -0.39 is 5.91 Å². The van der Waals surface area contributed by atoms with E-state index in [4.69, 9.17) is 11.6 Å². The zero-order valence-corrected chi connectivity index (χ0v) is 16.0. The number of nitrogens with one attached hydrogen (secondary N) is 3. The topological polar surface area (TPSA) is 87.3 Å². The fourth-order valence-corrected chi connectivity index (χ4v) is 2.38. The summed E-state index contributed by atoms with van der Waals surface area (Å²) in [6, 6.07) is 13.8. The van der Waals surface area contributed by atoms with Crippen LogP contribution in [0.15, 0.2) is 48.5 Å². The van der Waals surface area contributed by atoms with Gasteiger partial charge in [-0.15, -0.1) is 0 Å². The van der Waals surface area contributed by atoms with Crippen LogP contribution in [0, 0.1) is 5.92 Å². The molecular formula is C20H22ClN3O3. The lowest BCUT2D eigenvalue weighted by atomic mass is 10.1. The first-order chi connectivity index (χ1) is 12.9. The van der Waals surface area contributed by atoms with Crippen molar-refractivity contribution in [1.29, 1.82) is 0 Å². The summed E-state index contributed by atoms with van der Waals surface area (Å²) in [5.41, 5.74) is 1.91. The van der Waals surface area contributed by atoms with Crippen LogP contribution >= 0.6 is 11.6 Å². The lowest BCUT2D eigenvalue weighted by Gasteiger charge is -2.10. The minimum absolute atomic E-state index is 0.0506. The lowest BCUT2D eigenvalue weighted by Crippen LogP contribution is -2.36. The van der Waals surface area contributed by atoms with Gasteiger partial charge in [-0.05, 0) is 29.8 Å². The summed E-state index contributed by atoms with van der Waals surface area (Å²) in [6.45, 7) is 3.82. The quantitative estimate of drug-likeness (QED) is 0.682. The zero-order valence-electron chi connectivity index (χ0n) is 15.2. The van der Waals surface area contributed by atoms with Crippen LogP contribution in [0.3, 0.4) is 0 Å². The number of rotatable bonds is 7. The number of hydrogen-bond donors (Lipinski definition) is 3. The molecule has 0 fully saturated rings. The van der Waals surface area contributed by atoms with Crippen molar-refractivity contribution in [3.63, 3.8) is 0 Å². The standard InChI is InChI=1S/C20H22ClN3O3/c1-13(2)19(26)24-15-9-7-14(8-10-15)11-22-18(25)12-23-20(27)16-5-3-4-6-17(16)21/h3-10,13H,11-12H2,1-2H3,(H,22,25)(H,23,27)(H,24,26). The Morgan fingerprint density at radius 2 is 1.63 bits per heavy atom. The Morgan fingerprint density at radius 1 is 0.963 bits per heavy atom. The molecule has 3 N–H and O–H groups in total. The number of carbonyl (C=O) groups excluding carboxylic acids is 3. The monoisotopic (exact) mass is 387 g/mol. The fraction of sp³-hybridized carbons (Fsp3) is 0.250. The molecule has 0 aliphatic carbocycles. The van der Waals surface area contributed by atoms with Crippen LogP contribution in [0.5, 0.6) is 0 Å². The Balaban J connectivity index is 1.77. The molecule has 0 aliphatic heterocycles. The molecule has 0 radical (unpaired) electrons. The highest BCUT2D eigenvalue weighted by Gasteiger charge is 2.11. The van der Waals surface area contributed by atoms with Crippen LogP contribution in [-0.4, -0.2) is 24.3 Å². The second-order valence-corrected chi connectivity index (χ2v) is 6.69. The number of carbonyl (C=O) groups is 3. The van der Waals surface area contributed by atoms with Gasteiger partial charge in [-0.25, -0.2) is 0 Å². The molecule has 6 nitrogen and oxygen atoms in total. The molecule has 0 atom stereocenters. The van der Waals surface area contributed by atoms with Crippen molar-refractivity contribution in [2.24, 2.45) is 5.92 Å². The molecule has 0 saturated carbocycles. The minimum atomic E-state index is -0.402. The summed E-state index contributed by atoms with van der Waals surface area (Å²) < 4.78 is 0. The Kier molecular flexibility index (Phi) is 7.37. The normalized spacial score (nSPS) is 10.4. The third kappa shape index (κ3) is 6.42. The second kappa shape index (κ2) is 9.73. The Labute approximate surface area is 163 Å². The molecule has 2 aromatic carbocycles. The molecule has 0 aromatic heterocycles. The highest BCUT2D eigenvalue weighted by Crippen LogP contribution is 2.14. The maximum absolute atomic E-state index is 12.0. The molecule has 0 bridgehead atoms. The van der Waals surface area contributed by atoms with Crippen molar-refractivity contribution >= 4 is 35.0 Å². The molecule has 3 amide bonds. The summed E-state index contributed by atoms with van der Waals surface area (Å²) in [6.07, 6.45) is 0. The molecule has 0 saturated heterocycles. The first kappa shape index (κ1) is 20.5. The van der Waals surface area contributed by atoms with Crippen LogP contribution in [0.25, 0.3) is 0 Å². The summed E-state index contributed by atoms with van der Waals surface area (Å²) in [5, 5.41) is 8.39. The van der Waals surface area contributed by atoms with Gasteiger partial charge in [0.15, 0.2) is 0 Å². The van der Waals surface area contributed by atoms with E-state index in [9.17, 15) is 14.4 Å². The van der Waals surface area contributed by atoms with Crippen molar-refractivity contribution in [2.75, 3.05) is 11.9 Å². The van der Waals surface area contributed by atoms with Gasteiger partial charge in [0.05, 0.1) is 17.1 Å². The van der Waals surface area contributed by atoms with Crippen LogP contribution in [0.4, 0.5) is 5.69 Å². The van der Waals surface area contributed by atoms with E-state index in [0.29, 0.717) is 22.8 Å². The van der Waals surface area contributed by atoms with Gasteiger partial charge in [-0.2, -0.15) is 0 Å². The lowest BCUT2D eigenvalue weighted by molar-refractivity contribution is -0.120. The summed E-state index contributed by atoms with van der Waals surface area (Å²) in [4.78, 5) is 35.6. The molecule has 27 heavy (non-hydrogen) atoms. The van der Waals surface area contributed by atoms with Gasteiger partial charge in [-0.3, -0.25) is 14.4 Å². The van der Waals surface area contributed by atoms with Gasteiger partial charge in [0.25, 0.3) is 5.91 Å². The Morgan fingerprint density at radius 3 is 2.26 bits per heavy atom. The maximum Gasteiger partial charge on any atom is 0.253 e. The van der Waals surface area contributed by atoms with Crippen molar-refractivity contribution in [3.8, 4) is 0 Å². The average molecular weight is 388 g/mol. The van der Waals surface area contributed by atoms with Gasteiger partial charge >= 0.3 is 0 Å². The summed E-state index contributed by atoms with van der Waals surface area (Å²) >= 11 is 5.95. The third-order valence-corrected chi connectivity index (χ3v) is 4.09. The fourth-order valence-electron chi connectivity index (χ4n) is 2.16. The second-order valence-electron chi connectivity index (χ2n) is 6.28. The van der Waals surface area contributed by atoms with E-state index in [1.807, 2.05) is 26.0 Å². The number of anilines is 1. The van der Waals surface area contributed by atoms with Gasteiger partial charge < -0.3 is 16.0 Å². The zero-order chi connectivity index (χ0) is 19.8. The molecule has 0 aliphatic rings. The van der Waals surface area contributed by atoms with E-state index in [-0.39, 0.29) is 24.3 Å². The highest BCUT2D eigenvalue weighted by molar-refractivity contribution is 6.33. The van der Waals surface area contributed by atoms with E-state index >= 15 is 0 Å². The van der Waals surface area contributed by atoms with Gasteiger partial charge in [-0.1, -0.05) is 49.7 Å². The first-order valence-electron chi connectivity index (χ1n) is 8.56. The van der Waals surface area contributed by atoms with Gasteiger partial charge in [0.2, 0.25) is 11.8 Å². The molecule has 2 rings (SSSR count). The van der Waals surface area contributed by atoms with Gasteiger partial charge in [0, 0.05) is 18.2 Å². The third-order valence-electron chi connectivity index (χ3n) is 3.76. The van der Waals surface area contributed by atoms with E-state index in [0.717, 1.165) is 5.56 Å². The predicted octanol–water partition coefficient (Wildman–Crippen LogP) is 2.98. The summed E-state index contributed by atoms with van der Waals surface area (Å²) in [5.74, 6) is -0.858. The first-order valence-corrected chi connectivity index (χ1v) is 8.94.